The highest BCUT2D eigenvalue weighted by atomic mass is 16.5. The number of amides is 1. The second-order valence-electron chi connectivity index (χ2n) is 7.80. The first-order valence-electron chi connectivity index (χ1n) is 9.38. The minimum atomic E-state index is -0.907. The number of ketones is 1. The number of rotatable bonds is 7. The van der Waals surface area contributed by atoms with Gasteiger partial charge in [-0.05, 0) is 48.9 Å². The molecule has 6 nitrogen and oxygen atoms in total. The third-order valence-electron chi connectivity index (χ3n) is 4.29. The predicted octanol–water partition coefficient (Wildman–Crippen LogP) is 4.04. The van der Waals surface area contributed by atoms with Crippen molar-refractivity contribution in [1.82, 2.24) is 0 Å². The molecular weight excluding hydrogens is 370 g/mol. The zero-order valence-corrected chi connectivity index (χ0v) is 17.4. The van der Waals surface area contributed by atoms with Crippen molar-refractivity contribution in [3.05, 3.63) is 59.7 Å². The van der Waals surface area contributed by atoms with E-state index in [0.29, 0.717) is 17.0 Å². The van der Waals surface area contributed by atoms with Crippen molar-refractivity contribution in [3.63, 3.8) is 0 Å². The average Bonchev–Trinajstić information content (AvgIpc) is 2.67. The van der Waals surface area contributed by atoms with Crippen LogP contribution in [0.1, 0.15) is 43.6 Å². The Morgan fingerprint density at radius 2 is 1.55 bits per heavy atom. The van der Waals surface area contributed by atoms with E-state index in [2.05, 4.69) is 5.32 Å². The van der Waals surface area contributed by atoms with Gasteiger partial charge in [-0.15, -0.1) is 0 Å². The average molecular weight is 397 g/mol. The summed E-state index contributed by atoms with van der Waals surface area (Å²) in [6.07, 6.45) is -0.838. The molecule has 0 saturated heterocycles. The lowest BCUT2D eigenvalue weighted by atomic mass is 9.95. The lowest BCUT2D eigenvalue weighted by molar-refractivity contribution is -0.145. The zero-order valence-electron chi connectivity index (χ0n) is 17.4. The fraction of sp³-hybridized carbons (Fsp3) is 0.348. The fourth-order valence-electron chi connectivity index (χ4n) is 2.47. The van der Waals surface area contributed by atoms with Crippen molar-refractivity contribution < 1.29 is 23.9 Å². The van der Waals surface area contributed by atoms with E-state index in [4.69, 9.17) is 9.47 Å². The van der Waals surface area contributed by atoms with Crippen LogP contribution >= 0.6 is 0 Å². The largest absolute Gasteiger partial charge is 0.497 e. The number of Topliss-reactive ketones (excluding diaryl/α,β-unsaturated/α-hetero) is 1. The molecule has 0 heterocycles. The van der Waals surface area contributed by atoms with Gasteiger partial charge < -0.3 is 14.8 Å². The standard InChI is InChI=1S/C23H27NO5/c1-15(29-20(25)14-16-6-12-19(28-5)13-7-16)21(26)17-8-10-18(11-9-17)24-22(27)23(2,3)4/h6-13,15H,14H2,1-5H3,(H,24,27)/t15-/m1/s1. The molecule has 0 aliphatic carbocycles. The van der Waals surface area contributed by atoms with Crippen LogP contribution in [0.15, 0.2) is 48.5 Å². The fourth-order valence-corrected chi connectivity index (χ4v) is 2.47. The number of hydrogen-bond acceptors (Lipinski definition) is 5. The number of esters is 1. The monoisotopic (exact) mass is 397 g/mol. The highest BCUT2D eigenvalue weighted by Crippen LogP contribution is 2.19. The van der Waals surface area contributed by atoms with E-state index < -0.39 is 17.5 Å². The van der Waals surface area contributed by atoms with E-state index >= 15 is 0 Å². The first-order valence-corrected chi connectivity index (χ1v) is 9.38. The molecule has 2 rings (SSSR count). The number of anilines is 1. The highest BCUT2D eigenvalue weighted by Gasteiger charge is 2.22. The number of methoxy groups -OCH3 is 1. The Labute approximate surface area is 171 Å². The Morgan fingerprint density at radius 1 is 0.966 bits per heavy atom. The molecule has 6 heteroatoms. The van der Waals surface area contributed by atoms with E-state index in [9.17, 15) is 14.4 Å². The molecule has 0 fully saturated rings. The smallest absolute Gasteiger partial charge is 0.310 e. The molecule has 29 heavy (non-hydrogen) atoms. The van der Waals surface area contributed by atoms with Gasteiger partial charge in [0.15, 0.2) is 6.10 Å². The molecule has 0 bridgehead atoms. The second-order valence-corrected chi connectivity index (χ2v) is 7.80. The summed E-state index contributed by atoms with van der Waals surface area (Å²) in [5, 5.41) is 2.80. The van der Waals surface area contributed by atoms with E-state index in [1.165, 1.54) is 0 Å². The van der Waals surface area contributed by atoms with Crippen molar-refractivity contribution in [1.29, 1.82) is 0 Å². The quantitative estimate of drug-likeness (QED) is 0.563. The summed E-state index contributed by atoms with van der Waals surface area (Å²) in [4.78, 5) is 36.7. The number of benzene rings is 2. The van der Waals surface area contributed by atoms with Crippen molar-refractivity contribution in [2.45, 2.75) is 40.2 Å². The summed E-state index contributed by atoms with van der Waals surface area (Å²) in [6, 6.07) is 13.6. The highest BCUT2D eigenvalue weighted by molar-refractivity contribution is 6.01. The number of hydrogen-bond donors (Lipinski definition) is 1. The van der Waals surface area contributed by atoms with E-state index in [0.717, 1.165) is 5.56 Å². The number of carbonyl (C=O) groups is 3. The number of carbonyl (C=O) groups excluding carboxylic acids is 3. The van der Waals surface area contributed by atoms with E-state index in [1.54, 1.807) is 62.6 Å². The molecule has 2 aromatic carbocycles. The minimum absolute atomic E-state index is 0.0688. The van der Waals surface area contributed by atoms with Crippen molar-refractivity contribution in [3.8, 4) is 5.75 Å². The summed E-state index contributed by atoms with van der Waals surface area (Å²) >= 11 is 0. The summed E-state index contributed by atoms with van der Waals surface area (Å²) in [7, 11) is 1.57. The van der Waals surface area contributed by atoms with E-state index in [1.807, 2.05) is 20.8 Å². The van der Waals surface area contributed by atoms with Gasteiger partial charge in [0.1, 0.15) is 5.75 Å². The molecule has 1 amide bonds. The molecule has 0 aromatic heterocycles. The van der Waals surface area contributed by atoms with Gasteiger partial charge in [-0.2, -0.15) is 0 Å². The SMILES string of the molecule is COc1ccc(CC(=O)O[C@H](C)C(=O)c2ccc(NC(=O)C(C)(C)C)cc2)cc1. The lowest BCUT2D eigenvalue weighted by Gasteiger charge is -2.18. The Hall–Kier alpha value is -3.15. The van der Waals surface area contributed by atoms with Gasteiger partial charge in [-0.3, -0.25) is 14.4 Å². The summed E-state index contributed by atoms with van der Waals surface area (Å²) in [5.74, 6) is -0.197. The first kappa shape index (κ1) is 22.1. The molecule has 0 aliphatic heterocycles. The number of ether oxygens (including phenoxy) is 2. The van der Waals surface area contributed by atoms with Gasteiger partial charge in [0.25, 0.3) is 0 Å². The van der Waals surface area contributed by atoms with Crippen LogP contribution in [0.2, 0.25) is 0 Å². The van der Waals surface area contributed by atoms with Crippen LogP contribution < -0.4 is 10.1 Å². The zero-order chi connectivity index (χ0) is 21.6. The molecule has 0 spiro atoms. The third kappa shape index (κ3) is 6.45. The maximum absolute atomic E-state index is 12.5. The molecule has 0 saturated carbocycles. The summed E-state index contributed by atoms with van der Waals surface area (Å²) in [6.45, 7) is 7.01. The third-order valence-corrected chi connectivity index (χ3v) is 4.29. The van der Waals surface area contributed by atoms with Gasteiger partial charge in [0.2, 0.25) is 11.7 Å². The van der Waals surface area contributed by atoms with Crippen LogP contribution in [0, 0.1) is 5.41 Å². The van der Waals surface area contributed by atoms with Crippen LogP contribution in [0.3, 0.4) is 0 Å². The Kier molecular flexibility index (Phi) is 7.15. The molecule has 0 radical (unpaired) electrons. The van der Waals surface area contributed by atoms with Crippen LogP contribution in [-0.4, -0.2) is 30.9 Å². The van der Waals surface area contributed by atoms with Crippen LogP contribution in [0.4, 0.5) is 5.69 Å². The van der Waals surface area contributed by atoms with E-state index in [-0.39, 0.29) is 18.1 Å². The molecule has 2 aromatic rings. The van der Waals surface area contributed by atoms with Crippen LogP contribution in [0.5, 0.6) is 5.75 Å². The first-order chi connectivity index (χ1) is 13.6. The van der Waals surface area contributed by atoms with Crippen molar-refractivity contribution in [2.75, 3.05) is 12.4 Å². The van der Waals surface area contributed by atoms with Crippen LogP contribution in [0.25, 0.3) is 0 Å². The molecule has 0 aliphatic rings. The molecule has 1 atom stereocenters. The van der Waals surface area contributed by atoms with Crippen molar-refractivity contribution in [2.24, 2.45) is 5.41 Å². The summed E-state index contributed by atoms with van der Waals surface area (Å²) in [5.41, 5.74) is 1.27. The van der Waals surface area contributed by atoms with Crippen molar-refractivity contribution >= 4 is 23.3 Å². The van der Waals surface area contributed by atoms with Gasteiger partial charge in [0, 0.05) is 16.7 Å². The maximum Gasteiger partial charge on any atom is 0.310 e. The number of nitrogens with one attached hydrogen (secondary N) is 1. The Bertz CT molecular complexity index is 864. The molecular formula is C23H27NO5. The van der Waals surface area contributed by atoms with Gasteiger partial charge in [-0.1, -0.05) is 32.9 Å². The summed E-state index contributed by atoms with van der Waals surface area (Å²) < 4.78 is 10.4. The minimum Gasteiger partial charge on any atom is -0.497 e. The maximum atomic E-state index is 12.5. The molecule has 154 valence electrons. The normalized spacial score (nSPS) is 12.0. The molecule has 1 N–H and O–H groups in total. The second kappa shape index (κ2) is 9.37. The molecule has 0 unspecified atom stereocenters. The van der Waals surface area contributed by atoms with Gasteiger partial charge >= 0.3 is 5.97 Å². The Morgan fingerprint density at radius 3 is 2.07 bits per heavy atom. The topological polar surface area (TPSA) is 81.7 Å². The van der Waals surface area contributed by atoms with Crippen LogP contribution in [-0.2, 0) is 20.7 Å². The van der Waals surface area contributed by atoms with Gasteiger partial charge in [0.05, 0.1) is 13.5 Å². The Balaban J connectivity index is 1.93. The predicted molar refractivity (Wildman–Crippen MR) is 111 cm³/mol. The van der Waals surface area contributed by atoms with Gasteiger partial charge in [-0.25, -0.2) is 0 Å². The lowest BCUT2D eigenvalue weighted by Crippen LogP contribution is -2.27.